The van der Waals surface area contributed by atoms with E-state index in [4.69, 9.17) is 27.9 Å². The van der Waals surface area contributed by atoms with E-state index in [1.54, 1.807) is 0 Å². The second-order valence-electron chi connectivity index (χ2n) is 4.18. The lowest BCUT2D eigenvalue weighted by Gasteiger charge is -2.08. The molecular formula is C14H10Cl2N2O4. The summed E-state index contributed by atoms with van der Waals surface area (Å²) in [6.45, 7) is 0. The Bertz CT molecular complexity index is 763. The number of aliphatic imine (C=N–C) groups is 1. The van der Waals surface area contributed by atoms with E-state index < -0.39 is 4.92 Å². The first-order valence-electron chi connectivity index (χ1n) is 5.98. The molecule has 22 heavy (non-hydrogen) atoms. The Balaban J connectivity index is 2.56. The molecule has 1 N–H and O–H groups in total. The van der Waals surface area contributed by atoms with Crippen molar-refractivity contribution in [2.24, 2.45) is 4.99 Å². The smallest absolute Gasteiger partial charge is 0.271 e. The average molecular weight is 341 g/mol. The minimum absolute atomic E-state index is 0.0300. The van der Waals surface area contributed by atoms with Crippen LogP contribution in [0.1, 0.15) is 5.56 Å². The number of nitro groups is 1. The fourth-order valence-electron chi connectivity index (χ4n) is 1.71. The summed E-state index contributed by atoms with van der Waals surface area (Å²) < 4.78 is 5.13. The van der Waals surface area contributed by atoms with Gasteiger partial charge in [-0.15, -0.1) is 0 Å². The summed E-state index contributed by atoms with van der Waals surface area (Å²) in [7, 11) is 1.35. The summed E-state index contributed by atoms with van der Waals surface area (Å²) in [6, 6.07) is 8.21. The molecule has 0 bridgehead atoms. The van der Waals surface area contributed by atoms with Crippen molar-refractivity contribution in [2.45, 2.75) is 0 Å². The van der Waals surface area contributed by atoms with Gasteiger partial charge in [0, 0.05) is 17.2 Å². The third kappa shape index (κ3) is 3.47. The summed E-state index contributed by atoms with van der Waals surface area (Å²) >= 11 is 11.9. The van der Waals surface area contributed by atoms with Crippen LogP contribution in [-0.4, -0.2) is 23.0 Å². The first kappa shape index (κ1) is 16.1. The third-order valence-corrected chi connectivity index (χ3v) is 3.30. The van der Waals surface area contributed by atoms with Crippen molar-refractivity contribution in [2.75, 3.05) is 7.11 Å². The number of phenolic OH excluding ortho intramolecular Hbond substituents is 1. The normalized spacial score (nSPS) is 11.3. The number of halogens is 2. The quantitative estimate of drug-likeness (QED) is 0.390. The predicted molar refractivity (Wildman–Crippen MR) is 84.4 cm³/mol. The molecule has 0 spiro atoms. The number of methoxy groups -OCH3 is 1. The second kappa shape index (κ2) is 6.64. The zero-order valence-electron chi connectivity index (χ0n) is 11.3. The highest BCUT2D eigenvalue weighted by Gasteiger charge is 2.14. The van der Waals surface area contributed by atoms with Crippen LogP contribution in [0.2, 0.25) is 10.0 Å². The van der Waals surface area contributed by atoms with E-state index >= 15 is 0 Å². The summed E-state index contributed by atoms with van der Waals surface area (Å²) in [5.41, 5.74) is 0.235. The van der Waals surface area contributed by atoms with Crippen molar-refractivity contribution in [1.29, 1.82) is 0 Å². The van der Waals surface area contributed by atoms with Crippen molar-refractivity contribution in [3.05, 3.63) is 62.1 Å². The Morgan fingerprint density at radius 1 is 1.27 bits per heavy atom. The average Bonchev–Trinajstić information content (AvgIpc) is 2.49. The standard InChI is InChI=1S/C14H10Cl2N2O4/c1-22-14(10-6-8(15)2-5-13(10)19)17-12-7-9(18(20)21)3-4-11(12)16/h2-7,19H,1H3. The van der Waals surface area contributed by atoms with Gasteiger partial charge in [0.25, 0.3) is 5.69 Å². The number of nitrogens with zero attached hydrogens (tertiary/aromatic N) is 2. The molecule has 0 aliphatic heterocycles. The van der Waals surface area contributed by atoms with Crippen LogP contribution in [0.4, 0.5) is 11.4 Å². The molecular weight excluding hydrogens is 331 g/mol. The van der Waals surface area contributed by atoms with Gasteiger partial charge >= 0.3 is 0 Å². The molecule has 0 unspecified atom stereocenters. The Morgan fingerprint density at radius 3 is 2.64 bits per heavy atom. The van der Waals surface area contributed by atoms with Gasteiger partial charge in [-0.1, -0.05) is 23.2 Å². The molecule has 0 aliphatic carbocycles. The molecule has 0 saturated carbocycles. The maximum atomic E-state index is 10.8. The topological polar surface area (TPSA) is 85.0 Å². The Labute approximate surface area is 135 Å². The van der Waals surface area contributed by atoms with Gasteiger partial charge in [0.15, 0.2) is 0 Å². The summed E-state index contributed by atoms with van der Waals surface area (Å²) in [4.78, 5) is 14.4. The molecule has 0 saturated heterocycles. The number of hydrogen-bond donors (Lipinski definition) is 1. The van der Waals surface area contributed by atoms with Gasteiger partial charge in [-0.3, -0.25) is 10.1 Å². The maximum absolute atomic E-state index is 10.8. The predicted octanol–water partition coefficient (Wildman–Crippen LogP) is 4.33. The summed E-state index contributed by atoms with van der Waals surface area (Å²) in [5.74, 6) is -0.0612. The van der Waals surface area contributed by atoms with Crippen LogP contribution >= 0.6 is 23.2 Å². The van der Waals surface area contributed by atoms with Crippen LogP contribution in [0.15, 0.2) is 41.4 Å². The van der Waals surface area contributed by atoms with Crippen molar-refractivity contribution >= 4 is 40.5 Å². The van der Waals surface area contributed by atoms with E-state index in [0.29, 0.717) is 5.02 Å². The van der Waals surface area contributed by atoms with Crippen LogP contribution in [0.25, 0.3) is 0 Å². The molecule has 0 heterocycles. The highest BCUT2D eigenvalue weighted by atomic mass is 35.5. The Kier molecular flexibility index (Phi) is 4.85. The molecule has 0 fully saturated rings. The number of benzene rings is 2. The van der Waals surface area contributed by atoms with E-state index in [0.717, 1.165) is 0 Å². The first-order valence-corrected chi connectivity index (χ1v) is 6.73. The monoisotopic (exact) mass is 340 g/mol. The zero-order valence-corrected chi connectivity index (χ0v) is 12.8. The molecule has 0 amide bonds. The van der Waals surface area contributed by atoms with E-state index in [1.807, 2.05) is 0 Å². The van der Waals surface area contributed by atoms with Gasteiger partial charge in [-0.2, -0.15) is 0 Å². The van der Waals surface area contributed by atoms with Crippen molar-refractivity contribution in [3.8, 4) is 5.75 Å². The molecule has 0 aliphatic rings. The van der Waals surface area contributed by atoms with E-state index in [9.17, 15) is 15.2 Å². The van der Waals surface area contributed by atoms with Crippen molar-refractivity contribution < 1.29 is 14.8 Å². The maximum Gasteiger partial charge on any atom is 0.271 e. The first-order chi connectivity index (χ1) is 10.4. The number of nitro benzene ring substituents is 1. The lowest BCUT2D eigenvalue weighted by Crippen LogP contribution is -2.03. The van der Waals surface area contributed by atoms with Crippen molar-refractivity contribution in [3.63, 3.8) is 0 Å². The molecule has 6 nitrogen and oxygen atoms in total. The van der Waals surface area contributed by atoms with Crippen molar-refractivity contribution in [1.82, 2.24) is 0 Å². The van der Waals surface area contributed by atoms with Gasteiger partial charge in [0.1, 0.15) is 5.75 Å². The second-order valence-corrected chi connectivity index (χ2v) is 5.02. The number of ether oxygens (including phenoxy) is 1. The van der Waals surface area contributed by atoms with Gasteiger partial charge in [-0.05, 0) is 24.3 Å². The van der Waals surface area contributed by atoms with Crippen LogP contribution in [-0.2, 0) is 4.74 Å². The SMILES string of the molecule is COC(=Nc1cc([N+](=O)[O-])ccc1Cl)c1cc(Cl)ccc1O. The van der Waals surface area contributed by atoms with Gasteiger partial charge in [-0.25, -0.2) is 4.99 Å². The van der Waals surface area contributed by atoms with Crippen LogP contribution in [0, 0.1) is 10.1 Å². The lowest BCUT2D eigenvalue weighted by molar-refractivity contribution is -0.384. The molecule has 0 atom stereocenters. The number of phenols is 1. The summed E-state index contributed by atoms with van der Waals surface area (Å²) in [5, 5.41) is 21.3. The Morgan fingerprint density at radius 2 is 2.00 bits per heavy atom. The highest BCUT2D eigenvalue weighted by molar-refractivity contribution is 6.33. The lowest BCUT2D eigenvalue weighted by atomic mass is 10.2. The molecule has 0 aromatic heterocycles. The largest absolute Gasteiger partial charge is 0.507 e. The molecule has 0 radical (unpaired) electrons. The fourth-order valence-corrected chi connectivity index (χ4v) is 2.04. The van der Waals surface area contributed by atoms with E-state index in [1.165, 1.54) is 43.5 Å². The number of hydrogen-bond acceptors (Lipinski definition) is 5. The zero-order chi connectivity index (χ0) is 16.3. The van der Waals surface area contributed by atoms with Crippen LogP contribution in [0.3, 0.4) is 0 Å². The van der Waals surface area contributed by atoms with E-state index in [-0.39, 0.29) is 33.6 Å². The molecule has 8 heteroatoms. The Hall–Kier alpha value is -2.31. The number of non-ortho nitro benzene ring substituents is 1. The summed E-state index contributed by atoms with van der Waals surface area (Å²) in [6.07, 6.45) is 0. The minimum Gasteiger partial charge on any atom is -0.507 e. The fraction of sp³-hybridized carbons (Fsp3) is 0.0714. The third-order valence-electron chi connectivity index (χ3n) is 2.74. The number of aromatic hydroxyl groups is 1. The van der Waals surface area contributed by atoms with Crippen LogP contribution < -0.4 is 0 Å². The minimum atomic E-state index is -0.557. The van der Waals surface area contributed by atoms with Crippen LogP contribution in [0.5, 0.6) is 5.75 Å². The number of rotatable bonds is 3. The molecule has 2 aromatic carbocycles. The molecule has 2 aromatic rings. The van der Waals surface area contributed by atoms with Gasteiger partial charge in [0.2, 0.25) is 5.90 Å². The molecule has 2 rings (SSSR count). The van der Waals surface area contributed by atoms with E-state index in [2.05, 4.69) is 4.99 Å². The highest BCUT2D eigenvalue weighted by Crippen LogP contribution is 2.31. The molecule has 114 valence electrons. The van der Waals surface area contributed by atoms with Gasteiger partial charge < -0.3 is 9.84 Å². The van der Waals surface area contributed by atoms with Gasteiger partial charge in [0.05, 0.1) is 28.3 Å².